The largest absolute Gasteiger partial charge is 0.337 e. The van der Waals surface area contributed by atoms with Crippen LogP contribution in [-0.4, -0.2) is 20.4 Å². The Hall–Kier alpha value is -2.07. The van der Waals surface area contributed by atoms with Gasteiger partial charge in [0.25, 0.3) is 0 Å². The maximum absolute atomic E-state index is 4.52. The number of rotatable bonds is 5. The highest BCUT2D eigenvalue weighted by atomic mass is 15.3. The zero-order valence-corrected chi connectivity index (χ0v) is 12.3. The molecule has 1 fully saturated rings. The lowest BCUT2D eigenvalue weighted by Crippen LogP contribution is -2.18. The summed E-state index contributed by atoms with van der Waals surface area (Å²) < 4.78 is 4.25. The normalized spacial score (nSPS) is 14.9. The van der Waals surface area contributed by atoms with Crippen LogP contribution in [0.4, 0.5) is 0 Å². The van der Waals surface area contributed by atoms with Crippen molar-refractivity contribution in [2.24, 2.45) is 7.05 Å². The van der Waals surface area contributed by atoms with Crippen molar-refractivity contribution in [2.45, 2.75) is 32.0 Å². The molecule has 0 amide bonds. The second-order valence-electron chi connectivity index (χ2n) is 5.92. The summed E-state index contributed by atoms with van der Waals surface area (Å²) in [5, 5.41) is 9.44. The molecule has 4 heteroatoms. The summed E-state index contributed by atoms with van der Waals surface area (Å²) in [6.07, 6.45) is 4.64. The van der Waals surface area contributed by atoms with Crippen LogP contribution in [0.25, 0.3) is 10.9 Å². The zero-order chi connectivity index (χ0) is 14.2. The van der Waals surface area contributed by atoms with Crippen LogP contribution >= 0.6 is 0 Å². The lowest BCUT2D eigenvalue weighted by Gasteiger charge is -2.10. The number of fused-ring (bicyclic) bond motifs is 1. The highest BCUT2D eigenvalue weighted by molar-refractivity contribution is 5.81. The van der Waals surface area contributed by atoms with Crippen LogP contribution in [0.5, 0.6) is 0 Å². The van der Waals surface area contributed by atoms with E-state index in [1.807, 2.05) is 17.9 Å². The Morgan fingerprint density at radius 3 is 2.86 bits per heavy atom. The van der Waals surface area contributed by atoms with Gasteiger partial charge in [0, 0.05) is 37.0 Å². The van der Waals surface area contributed by atoms with Crippen LogP contribution in [0.1, 0.15) is 24.2 Å². The van der Waals surface area contributed by atoms with Crippen molar-refractivity contribution in [3.05, 3.63) is 54.0 Å². The molecule has 1 aliphatic rings. The van der Waals surface area contributed by atoms with E-state index in [0.29, 0.717) is 0 Å². The topological polar surface area (TPSA) is 34.8 Å². The highest BCUT2D eigenvalue weighted by Gasteiger charge is 2.21. The first-order valence-corrected chi connectivity index (χ1v) is 7.59. The molecule has 1 aliphatic carbocycles. The maximum atomic E-state index is 4.52. The summed E-state index contributed by atoms with van der Waals surface area (Å²) in [5.41, 5.74) is 3.73. The molecule has 3 aromatic rings. The van der Waals surface area contributed by atoms with E-state index in [9.17, 15) is 0 Å². The third-order valence-corrected chi connectivity index (χ3v) is 4.13. The van der Waals surface area contributed by atoms with Crippen LogP contribution < -0.4 is 5.32 Å². The molecular formula is C17H20N4. The Morgan fingerprint density at radius 1 is 1.24 bits per heavy atom. The van der Waals surface area contributed by atoms with E-state index in [1.54, 1.807) is 0 Å². The third-order valence-electron chi connectivity index (χ3n) is 4.13. The van der Waals surface area contributed by atoms with E-state index in [0.717, 1.165) is 24.8 Å². The Labute approximate surface area is 124 Å². The van der Waals surface area contributed by atoms with Gasteiger partial charge < -0.3 is 9.88 Å². The van der Waals surface area contributed by atoms with Crippen molar-refractivity contribution in [1.82, 2.24) is 19.7 Å². The fourth-order valence-electron chi connectivity index (χ4n) is 2.85. The summed E-state index contributed by atoms with van der Waals surface area (Å²) in [7, 11) is 1.97. The van der Waals surface area contributed by atoms with Gasteiger partial charge in [-0.05, 0) is 36.4 Å². The highest BCUT2D eigenvalue weighted by Crippen LogP contribution is 2.23. The van der Waals surface area contributed by atoms with Crippen molar-refractivity contribution in [2.75, 3.05) is 0 Å². The number of hydrogen-bond acceptors (Lipinski definition) is 2. The zero-order valence-electron chi connectivity index (χ0n) is 12.3. The molecule has 21 heavy (non-hydrogen) atoms. The second kappa shape index (κ2) is 5.04. The number of nitrogens with one attached hydrogen (secondary N) is 1. The molecule has 0 bridgehead atoms. The Morgan fingerprint density at radius 2 is 2.10 bits per heavy atom. The fourth-order valence-corrected chi connectivity index (χ4v) is 2.85. The molecule has 1 aromatic carbocycles. The standard InChI is InChI=1S/C17H20N4/c1-20-9-8-15(19-20)12-21-16(11-18-14-6-7-14)10-13-4-2-3-5-17(13)21/h2-5,8-10,14,18H,6-7,11-12H2,1H3. The Kier molecular flexibility index (Phi) is 3.04. The molecule has 2 aromatic heterocycles. The molecule has 0 spiro atoms. The van der Waals surface area contributed by atoms with Crippen LogP contribution in [0, 0.1) is 0 Å². The Balaban J connectivity index is 1.70. The van der Waals surface area contributed by atoms with Crippen LogP contribution in [0.2, 0.25) is 0 Å². The third kappa shape index (κ3) is 2.59. The average Bonchev–Trinajstić information content (AvgIpc) is 3.14. The van der Waals surface area contributed by atoms with Gasteiger partial charge in [-0.3, -0.25) is 4.68 Å². The summed E-state index contributed by atoms with van der Waals surface area (Å²) in [4.78, 5) is 0. The van der Waals surface area contributed by atoms with E-state index < -0.39 is 0 Å². The van der Waals surface area contributed by atoms with Gasteiger partial charge in [-0.25, -0.2) is 0 Å². The van der Waals surface area contributed by atoms with Gasteiger partial charge in [-0.1, -0.05) is 18.2 Å². The minimum absolute atomic E-state index is 0.728. The number of nitrogens with zero attached hydrogens (tertiary/aromatic N) is 3. The van der Waals surface area contributed by atoms with Crippen LogP contribution in [-0.2, 0) is 20.1 Å². The molecule has 1 N–H and O–H groups in total. The molecule has 0 radical (unpaired) electrons. The van der Waals surface area contributed by atoms with Crippen LogP contribution in [0.15, 0.2) is 42.6 Å². The molecule has 0 saturated heterocycles. The molecule has 4 nitrogen and oxygen atoms in total. The second-order valence-corrected chi connectivity index (χ2v) is 5.92. The summed E-state index contributed by atoms with van der Waals surface area (Å²) in [6, 6.07) is 13.7. The lowest BCUT2D eigenvalue weighted by atomic mass is 10.2. The van der Waals surface area contributed by atoms with E-state index in [2.05, 4.69) is 51.4 Å². The number of para-hydroxylation sites is 1. The smallest absolute Gasteiger partial charge is 0.0821 e. The number of aromatic nitrogens is 3. The SMILES string of the molecule is Cn1ccc(Cn2c(CNC3CC3)cc3ccccc32)n1. The molecule has 2 heterocycles. The van der Waals surface area contributed by atoms with E-state index in [4.69, 9.17) is 0 Å². The number of aryl methyl sites for hydroxylation is 1. The van der Waals surface area contributed by atoms with Gasteiger partial charge >= 0.3 is 0 Å². The van der Waals surface area contributed by atoms with Crippen molar-refractivity contribution in [3.63, 3.8) is 0 Å². The fraction of sp³-hybridized carbons (Fsp3) is 0.353. The number of benzene rings is 1. The van der Waals surface area contributed by atoms with Gasteiger partial charge in [-0.2, -0.15) is 5.10 Å². The van der Waals surface area contributed by atoms with Gasteiger partial charge in [0.1, 0.15) is 0 Å². The molecule has 108 valence electrons. The average molecular weight is 280 g/mol. The monoisotopic (exact) mass is 280 g/mol. The summed E-state index contributed by atoms with van der Waals surface area (Å²) in [6.45, 7) is 1.77. The minimum atomic E-state index is 0.728. The van der Waals surface area contributed by atoms with Crippen molar-refractivity contribution < 1.29 is 0 Å². The molecule has 0 atom stereocenters. The predicted octanol–water partition coefficient (Wildman–Crippen LogP) is 2.68. The Bertz CT molecular complexity index is 764. The van der Waals surface area contributed by atoms with Gasteiger partial charge in [0.05, 0.1) is 12.2 Å². The molecule has 0 aliphatic heterocycles. The first kappa shape index (κ1) is 12.7. The van der Waals surface area contributed by atoms with Crippen molar-refractivity contribution >= 4 is 10.9 Å². The first-order valence-electron chi connectivity index (χ1n) is 7.59. The molecule has 4 rings (SSSR count). The molecule has 1 saturated carbocycles. The van der Waals surface area contributed by atoms with E-state index in [-0.39, 0.29) is 0 Å². The van der Waals surface area contributed by atoms with Crippen molar-refractivity contribution in [3.8, 4) is 0 Å². The summed E-state index contributed by atoms with van der Waals surface area (Å²) in [5.74, 6) is 0. The first-order chi connectivity index (χ1) is 10.3. The minimum Gasteiger partial charge on any atom is -0.337 e. The predicted molar refractivity (Wildman–Crippen MR) is 84.1 cm³/mol. The summed E-state index contributed by atoms with van der Waals surface area (Å²) >= 11 is 0. The van der Waals surface area contributed by atoms with E-state index >= 15 is 0 Å². The van der Waals surface area contributed by atoms with Gasteiger partial charge in [0.15, 0.2) is 0 Å². The molecule has 0 unspecified atom stereocenters. The maximum Gasteiger partial charge on any atom is 0.0821 e. The van der Waals surface area contributed by atoms with Crippen LogP contribution in [0.3, 0.4) is 0 Å². The molecular weight excluding hydrogens is 260 g/mol. The van der Waals surface area contributed by atoms with Crippen molar-refractivity contribution in [1.29, 1.82) is 0 Å². The van der Waals surface area contributed by atoms with Gasteiger partial charge in [0.2, 0.25) is 0 Å². The van der Waals surface area contributed by atoms with Gasteiger partial charge in [-0.15, -0.1) is 0 Å². The van der Waals surface area contributed by atoms with E-state index in [1.165, 1.54) is 29.4 Å². The number of hydrogen-bond donors (Lipinski definition) is 1. The quantitative estimate of drug-likeness (QED) is 0.780. The lowest BCUT2D eigenvalue weighted by molar-refractivity contribution is 0.632.